The van der Waals surface area contributed by atoms with E-state index in [0.717, 1.165) is 11.3 Å². The van der Waals surface area contributed by atoms with Crippen LogP contribution in [-0.4, -0.2) is 51.5 Å². The standard InChI is InChI=1S/C11H16N2O4S2/c1-8-7-12-4-5-13(8)19(15,16)9-3-6-18-10(9)11(14)17-2/h3,6,8,12H,4-5,7H2,1-2H3/t8-/m0/s1. The van der Waals surface area contributed by atoms with E-state index in [2.05, 4.69) is 10.1 Å². The Morgan fingerprint density at radius 2 is 2.32 bits per heavy atom. The van der Waals surface area contributed by atoms with Crippen LogP contribution in [-0.2, 0) is 14.8 Å². The molecular formula is C11H16N2O4S2. The Morgan fingerprint density at radius 3 is 2.95 bits per heavy atom. The van der Waals surface area contributed by atoms with E-state index >= 15 is 0 Å². The van der Waals surface area contributed by atoms with Crippen LogP contribution in [0.5, 0.6) is 0 Å². The highest BCUT2D eigenvalue weighted by molar-refractivity contribution is 7.89. The lowest BCUT2D eigenvalue weighted by Crippen LogP contribution is -2.52. The highest BCUT2D eigenvalue weighted by Gasteiger charge is 2.34. The molecule has 1 aromatic heterocycles. The molecule has 8 heteroatoms. The van der Waals surface area contributed by atoms with Gasteiger partial charge in [-0.15, -0.1) is 11.3 Å². The number of esters is 1. The third-order valence-corrected chi connectivity index (χ3v) is 6.11. The predicted octanol–water partition coefficient (Wildman–Crippen LogP) is 0.517. The zero-order chi connectivity index (χ0) is 14.0. The largest absolute Gasteiger partial charge is 0.465 e. The molecule has 1 saturated heterocycles. The Balaban J connectivity index is 2.39. The van der Waals surface area contributed by atoms with Crippen LogP contribution in [0, 0.1) is 0 Å². The van der Waals surface area contributed by atoms with Crippen LogP contribution in [0.1, 0.15) is 16.6 Å². The van der Waals surface area contributed by atoms with Gasteiger partial charge < -0.3 is 10.1 Å². The summed E-state index contributed by atoms with van der Waals surface area (Å²) in [5.41, 5.74) is 0. The molecule has 0 aromatic carbocycles. The highest BCUT2D eigenvalue weighted by atomic mass is 32.2. The van der Waals surface area contributed by atoms with Gasteiger partial charge in [0.05, 0.1) is 7.11 Å². The molecule has 19 heavy (non-hydrogen) atoms. The lowest BCUT2D eigenvalue weighted by molar-refractivity contribution is 0.0602. The van der Waals surface area contributed by atoms with Crippen LogP contribution in [0.4, 0.5) is 0 Å². The summed E-state index contributed by atoms with van der Waals surface area (Å²) in [5, 5.41) is 4.72. The molecule has 1 aliphatic heterocycles. The van der Waals surface area contributed by atoms with Crippen LogP contribution >= 0.6 is 11.3 Å². The Bertz CT molecular complexity index is 567. The average molecular weight is 304 g/mol. The molecule has 0 aliphatic carbocycles. The molecule has 0 amide bonds. The molecule has 0 saturated carbocycles. The van der Waals surface area contributed by atoms with E-state index in [9.17, 15) is 13.2 Å². The van der Waals surface area contributed by atoms with E-state index in [-0.39, 0.29) is 15.8 Å². The zero-order valence-electron chi connectivity index (χ0n) is 10.8. The van der Waals surface area contributed by atoms with Crippen LogP contribution in [0.2, 0.25) is 0 Å². The summed E-state index contributed by atoms with van der Waals surface area (Å²) in [4.78, 5) is 11.8. The summed E-state index contributed by atoms with van der Waals surface area (Å²) >= 11 is 1.08. The maximum absolute atomic E-state index is 12.6. The first-order valence-corrected chi connectivity index (χ1v) is 8.19. The fourth-order valence-corrected chi connectivity index (χ4v) is 4.99. The van der Waals surface area contributed by atoms with Gasteiger partial charge in [0.1, 0.15) is 9.77 Å². The van der Waals surface area contributed by atoms with Crippen molar-refractivity contribution in [3.8, 4) is 0 Å². The van der Waals surface area contributed by atoms with Crippen LogP contribution in [0.15, 0.2) is 16.3 Å². The van der Waals surface area contributed by atoms with Gasteiger partial charge in [-0.2, -0.15) is 4.31 Å². The first-order valence-electron chi connectivity index (χ1n) is 5.87. The number of carbonyl (C=O) groups is 1. The number of nitrogens with zero attached hydrogens (tertiary/aromatic N) is 1. The van der Waals surface area contributed by atoms with Crippen molar-refractivity contribution in [3.63, 3.8) is 0 Å². The second kappa shape index (κ2) is 5.58. The number of piperazine rings is 1. The number of rotatable bonds is 3. The normalized spacial score (nSPS) is 21.3. The number of nitrogens with one attached hydrogen (secondary N) is 1. The van der Waals surface area contributed by atoms with Gasteiger partial charge in [0.2, 0.25) is 10.0 Å². The molecule has 1 aliphatic rings. The molecule has 106 valence electrons. The molecule has 0 bridgehead atoms. The van der Waals surface area contributed by atoms with Gasteiger partial charge in [-0.05, 0) is 18.4 Å². The molecule has 1 atom stereocenters. The molecule has 2 rings (SSSR count). The summed E-state index contributed by atoms with van der Waals surface area (Å²) in [5.74, 6) is -0.614. The fourth-order valence-electron chi connectivity index (χ4n) is 2.05. The van der Waals surface area contributed by atoms with E-state index < -0.39 is 16.0 Å². The molecular weight excluding hydrogens is 288 g/mol. The van der Waals surface area contributed by atoms with Crippen LogP contribution in [0.25, 0.3) is 0 Å². The molecule has 0 radical (unpaired) electrons. The topological polar surface area (TPSA) is 75.7 Å². The SMILES string of the molecule is COC(=O)c1sccc1S(=O)(=O)N1CCNC[C@@H]1C. The average Bonchev–Trinajstić information content (AvgIpc) is 2.88. The van der Waals surface area contributed by atoms with Gasteiger partial charge in [-0.1, -0.05) is 0 Å². The molecule has 1 N–H and O–H groups in total. The lowest BCUT2D eigenvalue weighted by atomic mass is 10.3. The van der Waals surface area contributed by atoms with E-state index in [1.54, 1.807) is 5.38 Å². The first kappa shape index (κ1) is 14.4. The number of ether oxygens (including phenoxy) is 1. The predicted molar refractivity (Wildman–Crippen MR) is 71.9 cm³/mol. The summed E-state index contributed by atoms with van der Waals surface area (Å²) in [6.45, 7) is 3.46. The lowest BCUT2D eigenvalue weighted by Gasteiger charge is -2.32. The van der Waals surface area contributed by atoms with Crippen molar-refractivity contribution < 1.29 is 17.9 Å². The van der Waals surface area contributed by atoms with Crippen molar-refractivity contribution >= 4 is 27.3 Å². The van der Waals surface area contributed by atoms with Crippen molar-refractivity contribution in [2.24, 2.45) is 0 Å². The van der Waals surface area contributed by atoms with Gasteiger partial charge in [0, 0.05) is 25.7 Å². The quantitative estimate of drug-likeness (QED) is 0.824. The van der Waals surface area contributed by atoms with Gasteiger partial charge in [0.15, 0.2) is 0 Å². The van der Waals surface area contributed by atoms with Crippen LogP contribution < -0.4 is 5.32 Å². The molecule has 2 heterocycles. The summed E-state index contributed by atoms with van der Waals surface area (Å²) in [6.07, 6.45) is 0. The fraction of sp³-hybridized carbons (Fsp3) is 0.545. The second-order valence-corrected chi connectivity index (χ2v) is 7.05. The molecule has 6 nitrogen and oxygen atoms in total. The summed E-state index contributed by atoms with van der Waals surface area (Å²) < 4.78 is 31.2. The highest BCUT2D eigenvalue weighted by Crippen LogP contribution is 2.27. The van der Waals surface area contributed by atoms with Crippen molar-refractivity contribution in [3.05, 3.63) is 16.3 Å². The molecule has 0 unspecified atom stereocenters. The minimum atomic E-state index is -3.65. The minimum Gasteiger partial charge on any atom is -0.465 e. The Hall–Kier alpha value is -0.960. The number of carbonyl (C=O) groups excluding carboxylic acids is 1. The molecule has 1 fully saturated rings. The number of hydrogen-bond donors (Lipinski definition) is 1. The van der Waals surface area contributed by atoms with E-state index in [0.29, 0.717) is 19.6 Å². The van der Waals surface area contributed by atoms with Crippen LogP contribution in [0.3, 0.4) is 0 Å². The smallest absolute Gasteiger partial charge is 0.349 e. The molecule has 1 aromatic rings. The number of thiophene rings is 1. The van der Waals surface area contributed by atoms with Gasteiger partial charge in [0.25, 0.3) is 0 Å². The Morgan fingerprint density at radius 1 is 1.58 bits per heavy atom. The van der Waals surface area contributed by atoms with E-state index in [4.69, 9.17) is 0 Å². The monoisotopic (exact) mass is 304 g/mol. The second-order valence-electron chi connectivity index (χ2n) is 4.27. The van der Waals surface area contributed by atoms with E-state index in [1.165, 1.54) is 17.5 Å². The number of hydrogen-bond acceptors (Lipinski definition) is 6. The van der Waals surface area contributed by atoms with Crippen molar-refractivity contribution in [1.82, 2.24) is 9.62 Å². The minimum absolute atomic E-state index is 0.0399. The zero-order valence-corrected chi connectivity index (χ0v) is 12.4. The number of sulfonamides is 1. The van der Waals surface area contributed by atoms with Gasteiger partial charge in [-0.3, -0.25) is 0 Å². The van der Waals surface area contributed by atoms with E-state index in [1.807, 2.05) is 6.92 Å². The first-order chi connectivity index (χ1) is 8.98. The maximum atomic E-state index is 12.6. The van der Waals surface area contributed by atoms with Gasteiger partial charge in [-0.25, -0.2) is 13.2 Å². The summed E-state index contributed by atoms with van der Waals surface area (Å²) in [6, 6.07) is 1.32. The van der Waals surface area contributed by atoms with Crippen molar-refractivity contribution in [1.29, 1.82) is 0 Å². The van der Waals surface area contributed by atoms with Crippen molar-refractivity contribution in [2.75, 3.05) is 26.7 Å². The Labute approximate surface area is 116 Å². The summed E-state index contributed by atoms with van der Waals surface area (Å²) in [7, 11) is -2.41. The maximum Gasteiger partial charge on any atom is 0.349 e. The third kappa shape index (κ3) is 2.66. The third-order valence-electron chi connectivity index (χ3n) is 3.03. The van der Waals surface area contributed by atoms with Gasteiger partial charge >= 0.3 is 5.97 Å². The number of methoxy groups -OCH3 is 1. The van der Waals surface area contributed by atoms with Crippen molar-refractivity contribution in [2.45, 2.75) is 17.9 Å². The Kier molecular flexibility index (Phi) is 4.24. The molecule has 0 spiro atoms.